The van der Waals surface area contributed by atoms with Crippen LogP contribution in [0.25, 0.3) is 38.6 Å². The molecule has 0 radical (unpaired) electrons. The smallest absolute Gasteiger partial charge is 0.316 e. The first-order valence-electron chi connectivity index (χ1n) is 10.8. The van der Waals surface area contributed by atoms with Crippen LogP contribution in [0, 0.1) is 0 Å². The van der Waals surface area contributed by atoms with Gasteiger partial charge in [0.25, 0.3) is 5.56 Å². The number of pyridine rings is 2. The SMILES string of the molecule is CCOc1ncc2cn(-c3ccc4ncccc4c3)c(=O)c(-c3ccc(O[C@H](C)F)cc3)c2n1. The van der Waals surface area contributed by atoms with Crippen molar-refractivity contribution < 1.29 is 13.9 Å². The third-order valence-electron chi connectivity index (χ3n) is 5.31. The van der Waals surface area contributed by atoms with Crippen LogP contribution in [0.15, 0.2) is 78.0 Å². The highest BCUT2D eigenvalue weighted by atomic mass is 19.1. The molecule has 0 N–H and O–H groups in total. The minimum atomic E-state index is -1.44. The molecule has 8 heteroatoms. The zero-order valence-corrected chi connectivity index (χ0v) is 18.6. The molecule has 0 fully saturated rings. The largest absolute Gasteiger partial charge is 0.464 e. The molecule has 3 heterocycles. The number of benzene rings is 2. The second-order valence-electron chi connectivity index (χ2n) is 7.63. The van der Waals surface area contributed by atoms with E-state index in [2.05, 4.69) is 15.0 Å². The van der Waals surface area contributed by atoms with Crippen molar-refractivity contribution in [1.82, 2.24) is 19.5 Å². The monoisotopic (exact) mass is 456 g/mol. The van der Waals surface area contributed by atoms with Crippen LogP contribution in [0.4, 0.5) is 4.39 Å². The molecule has 0 saturated heterocycles. The highest BCUT2D eigenvalue weighted by Gasteiger charge is 2.17. The van der Waals surface area contributed by atoms with Crippen molar-refractivity contribution in [3.63, 3.8) is 0 Å². The molecule has 0 bridgehead atoms. The third-order valence-corrected chi connectivity index (χ3v) is 5.31. The number of fused-ring (bicyclic) bond motifs is 2. The standard InChI is InChI=1S/C26H21FN4O3/c1-3-33-26-29-14-19-15-31(20-8-11-22-18(13-20)5-4-12-28-22)25(32)23(24(19)30-26)17-6-9-21(10-7-17)34-16(2)27/h4-16H,3H2,1-2H3/t16-/m1/s1. The Bertz CT molecular complexity index is 1550. The maximum atomic E-state index is 13.8. The van der Waals surface area contributed by atoms with Gasteiger partial charge in [-0.25, -0.2) is 9.37 Å². The van der Waals surface area contributed by atoms with Gasteiger partial charge in [-0.1, -0.05) is 18.2 Å². The van der Waals surface area contributed by atoms with E-state index in [1.54, 1.807) is 47.4 Å². The Morgan fingerprint density at radius 2 is 1.88 bits per heavy atom. The minimum Gasteiger partial charge on any atom is -0.464 e. The van der Waals surface area contributed by atoms with Crippen LogP contribution in [0.3, 0.4) is 0 Å². The number of rotatable bonds is 6. The quantitative estimate of drug-likeness (QED) is 0.354. The first-order valence-corrected chi connectivity index (χ1v) is 10.8. The van der Waals surface area contributed by atoms with Crippen molar-refractivity contribution in [3.05, 3.63) is 83.5 Å². The predicted octanol–water partition coefficient (Wildman–Crippen LogP) is 5.09. The van der Waals surface area contributed by atoms with Gasteiger partial charge in [0.15, 0.2) is 0 Å². The van der Waals surface area contributed by atoms with E-state index in [0.29, 0.717) is 40.1 Å². The van der Waals surface area contributed by atoms with E-state index in [4.69, 9.17) is 9.47 Å². The molecule has 3 aromatic heterocycles. The number of alkyl halides is 1. The van der Waals surface area contributed by atoms with E-state index >= 15 is 0 Å². The van der Waals surface area contributed by atoms with E-state index in [-0.39, 0.29) is 11.6 Å². The summed E-state index contributed by atoms with van der Waals surface area (Å²) in [5.41, 5.74) is 2.73. The van der Waals surface area contributed by atoms with Gasteiger partial charge in [-0.05, 0) is 48.9 Å². The van der Waals surface area contributed by atoms with E-state index < -0.39 is 6.36 Å². The summed E-state index contributed by atoms with van der Waals surface area (Å²) in [6, 6.07) is 16.3. The molecule has 34 heavy (non-hydrogen) atoms. The highest BCUT2D eigenvalue weighted by molar-refractivity contribution is 5.93. The third kappa shape index (κ3) is 4.05. The Kier molecular flexibility index (Phi) is 5.63. The lowest BCUT2D eigenvalue weighted by Gasteiger charge is -2.14. The Balaban J connectivity index is 1.74. The van der Waals surface area contributed by atoms with Gasteiger partial charge >= 0.3 is 6.01 Å². The van der Waals surface area contributed by atoms with Crippen LogP contribution < -0.4 is 15.0 Å². The number of hydrogen-bond donors (Lipinski definition) is 0. The summed E-state index contributed by atoms with van der Waals surface area (Å²) in [7, 11) is 0. The van der Waals surface area contributed by atoms with Crippen LogP contribution in [0.1, 0.15) is 13.8 Å². The van der Waals surface area contributed by atoms with Crippen LogP contribution >= 0.6 is 0 Å². The summed E-state index contributed by atoms with van der Waals surface area (Å²) >= 11 is 0. The van der Waals surface area contributed by atoms with Crippen molar-refractivity contribution >= 4 is 21.8 Å². The van der Waals surface area contributed by atoms with Gasteiger partial charge in [0.2, 0.25) is 6.36 Å². The molecule has 2 aromatic carbocycles. The Hall–Kier alpha value is -4.33. The Morgan fingerprint density at radius 1 is 1.06 bits per heavy atom. The highest BCUT2D eigenvalue weighted by Crippen LogP contribution is 2.28. The molecular formula is C26H21FN4O3. The zero-order valence-electron chi connectivity index (χ0n) is 18.6. The van der Waals surface area contributed by atoms with Gasteiger partial charge in [0, 0.05) is 42.0 Å². The summed E-state index contributed by atoms with van der Waals surface area (Å²) in [6.45, 7) is 3.55. The fourth-order valence-electron chi connectivity index (χ4n) is 3.84. The van der Waals surface area contributed by atoms with Gasteiger partial charge in [-0.2, -0.15) is 4.98 Å². The number of ether oxygens (including phenoxy) is 2. The number of aromatic nitrogens is 4. The summed E-state index contributed by atoms with van der Waals surface area (Å²) in [6.07, 6.45) is 3.64. The van der Waals surface area contributed by atoms with E-state index in [9.17, 15) is 9.18 Å². The molecule has 5 aromatic rings. The molecule has 0 unspecified atom stereocenters. The van der Waals surface area contributed by atoms with Gasteiger partial charge < -0.3 is 9.47 Å². The lowest BCUT2D eigenvalue weighted by Crippen LogP contribution is -2.20. The van der Waals surface area contributed by atoms with Crippen molar-refractivity contribution in [2.24, 2.45) is 0 Å². The molecule has 0 aliphatic carbocycles. The molecular weight excluding hydrogens is 435 g/mol. The molecule has 0 aliphatic rings. The molecule has 1 atom stereocenters. The van der Waals surface area contributed by atoms with Crippen LogP contribution in [0.5, 0.6) is 11.8 Å². The van der Waals surface area contributed by atoms with Gasteiger partial charge in [0.05, 0.1) is 23.2 Å². The van der Waals surface area contributed by atoms with Crippen molar-refractivity contribution in [1.29, 1.82) is 0 Å². The lowest BCUT2D eigenvalue weighted by atomic mass is 10.0. The average Bonchev–Trinajstić information content (AvgIpc) is 2.84. The molecule has 0 saturated carbocycles. The molecule has 0 spiro atoms. The topological polar surface area (TPSA) is 79.1 Å². The average molecular weight is 456 g/mol. The minimum absolute atomic E-state index is 0.191. The van der Waals surface area contributed by atoms with Gasteiger partial charge in [-0.15, -0.1) is 0 Å². The first-order chi connectivity index (χ1) is 16.5. The van der Waals surface area contributed by atoms with Crippen molar-refractivity contribution in [3.8, 4) is 28.6 Å². The second-order valence-corrected chi connectivity index (χ2v) is 7.63. The predicted molar refractivity (Wildman–Crippen MR) is 128 cm³/mol. The maximum absolute atomic E-state index is 13.8. The summed E-state index contributed by atoms with van der Waals surface area (Å²) < 4.78 is 25.4. The fraction of sp³-hybridized carbons (Fsp3) is 0.154. The number of halogens is 1. The van der Waals surface area contributed by atoms with Crippen LogP contribution in [-0.4, -0.2) is 32.5 Å². The van der Waals surface area contributed by atoms with Crippen LogP contribution in [0.2, 0.25) is 0 Å². The van der Waals surface area contributed by atoms with Crippen molar-refractivity contribution in [2.75, 3.05) is 6.61 Å². The van der Waals surface area contributed by atoms with E-state index in [1.165, 1.54) is 6.92 Å². The summed E-state index contributed by atoms with van der Waals surface area (Å²) in [5, 5.41) is 1.58. The normalized spacial score (nSPS) is 12.1. The van der Waals surface area contributed by atoms with E-state index in [1.807, 2.05) is 37.3 Å². The molecule has 170 valence electrons. The molecule has 0 amide bonds. The molecule has 0 aliphatic heterocycles. The molecule has 5 rings (SSSR count). The van der Waals surface area contributed by atoms with E-state index in [0.717, 1.165) is 10.9 Å². The Morgan fingerprint density at radius 3 is 2.65 bits per heavy atom. The molecule has 7 nitrogen and oxygen atoms in total. The lowest BCUT2D eigenvalue weighted by molar-refractivity contribution is 0.0861. The fourth-order valence-corrected chi connectivity index (χ4v) is 3.84. The summed E-state index contributed by atoms with van der Waals surface area (Å²) in [4.78, 5) is 26.9. The second kappa shape index (κ2) is 8.90. The van der Waals surface area contributed by atoms with Crippen molar-refractivity contribution in [2.45, 2.75) is 20.2 Å². The number of hydrogen-bond acceptors (Lipinski definition) is 6. The summed E-state index contributed by atoms with van der Waals surface area (Å²) in [5.74, 6) is 0.367. The van der Waals surface area contributed by atoms with Gasteiger partial charge in [0.1, 0.15) is 5.75 Å². The zero-order chi connectivity index (χ0) is 23.7. The Labute approximate surface area is 194 Å². The number of nitrogens with zero attached hydrogens (tertiary/aromatic N) is 4. The maximum Gasteiger partial charge on any atom is 0.316 e. The van der Waals surface area contributed by atoms with Gasteiger partial charge in [-0.3, -0.25) is 14.3 Å². The first kappa shape index (κ1) is 21.5. The van der Waals surface area contributed by atoms with Crippen LogP contribution in [-0.2, 0) is 0 Å².